The molecule has 6 aromatic carbocycles. The third-order valence-corrected chi connectivity index (χ3v) is 13.6. The Kier molecular flexibility index (Phi) is 17.1. The fraction of sp³-hybridized carbons (Fsp3) is 0.194. The number of carboxylic acid groups (broad SMARTS) is 3. The molecule has 17 heteroatoms. The Morgan fingerprint density at radius 3 is 1.44 bits per heavy atom. The molecule has 8 rings (SSSR count). The third kappa shape index (κ3) is 12.1. The van der Waals surface area contributed by atoms with Crippen molar-refractivity contribution in [1.29, 1.82) is 0 Å². The van der Waals surface area contributed by atoms with Gasteiger partial charge in [-0.15, -0.1) is 0 Å². The van der Waals surface area contributed by atoms with Crippen LogP contribution in [0.4, 0.5) is 0 Å². The number of hydrogen-bond acceptors (Lipinski definition) is 14. The first-order valence-electron chi connectivity index (χ1n) is 24.8. The molecule has 4 unspecified atom stereocenters. The standard InChI is InChI=1S/C62H52O17/c1-4-55(64)76-34-43(78-60(72)50-15-7-6-14-47(50)57(66)67)32-74-41-24-20-39(21-25-41)62(53-16-10-8-12-45(53)46-13-9-11-17-54(46)62)40-22-26-42(27-23-40)75-33-44(35-77-56(65)5-2)79-61(73)52-31-38(19-29-49(52)59(70)71)37-18-28-48(58(68)69)51(30-37)36(3)63/h4-13,16-31,43-44,47,50H,1-2,14-15,32-35H2,3H3,(H,66,67)(H,68,69)(H,70,71). The maximum Gasteiger partial charge on any atom is 0.339 e. The second-order valence-corrected chi connectivity index (χ2v) is 18.4. The van der Waals surface area contributed by atoms with E-state index < -0.39 is 89.2 Å². The highest BCUT2D eigenvalue weighted by atomic mass is 16.6. The molecule has 17 nitrogen and oxygen atoms in total. The van der Waals surface area contributed by atoms with Gasteiger partial charge in [0.15, 0.2) is 18.0 Å². The van der Waals surface area contributed by atoms with Crippen LogP contribution in [0, 0.1) is 11.8 Å². The van der Waals surface area contributed by atoms with Crippen molar-refractivity contribution in [3.63, 3.8) is 0 Å². The molecule has 4 atom stereocenters. The highest BCUT2D eigenvalue weighted by Gasteiger charge is 2.46. The van der Waals surface area contributed by atoms with Gasteiger partial charge in [0.25, 0.3) is 0 Å². The number of aliphatic carboxylic acids is 1. The van der Waals surface area contributed by atoms with Crippen LogP contribution in [0.15, 0.2) is 171 Å². The highest BCUT2D eigenvalue weighted by Crippen LogP contribution is 2.56. The lowest BCUT2D eigenvalue weighted by atomic mass is 9.68. The first-order valence-corrected chi connectivity index (χ1v) is 24.8. The van der Waals surface area contributed by atoms with Crippen LogP contribution in [0.25, 0.3) is 22.3 Å². The molecule has 0 bridgehead atoms. The van der Waals surface area contributed by atoms with E-state index in [1.54, 1.807) is 36.4 Å². The SMILES string of the molecule is C=CC(=O)OCC(COc1ccc(C2(c3ccc(OCC(COC(=O)C=C)OC(=O)C4CC=CCC4C(=O)O)cc3)c3ccccc3-c3ccccc32)cc1)OC(=O)c1cc(-c2ccc(C(=O)O)c(C(C)=O)c2)ccc1C(=O)O. The van der Waals surface area contributed by atoms with Gasteiger partial charge >= 0.3 is 41.8 Å². The highest BCUT2D eigenvalue weighted by molar-refractivity contribution is 6.06. The fourth-order valence-corrected chi connectivity index (χ4v) is 9.80. The van der Waals surface area contributed by atoms with Crippen LogP contribution in [-0.4, -0.2) is 102 Å². The number of aromatic carboxylic acids is 2. The second kappa shape index (κ2) is 24.4. The molecule has 0 heterocycles. The van der Waals surface area contributed by atoms with Crippen molar-refractivity contribution >= 4 is 47.6 Å². The van der Waals surface area contributed by atoms with Crippen LogP contribution in [0.1, 0.15) is 83.5 Å². The summed E-state index contributed by atoms with van der Waals surface area (Å²) >= 11 is 0. The Bertz CT molecular complexity index is 3360. The van der Waals surface area contributed by atoms with Crippen LogP contribution in [0.2, 0.25) is 0 Å². The van der Waals surface area contributed by atoms with E-state index in [9.17, 15) is 53.7 Å². The van der Waals surface area contributed by atoms with Gasteiger partial charge in [-0.2, -0.15) is 0 Å². The van der Waals surface area contributed by atoms with Gasteiger partial charge in [-0.1, -0.05) is 110 Å². The Labute approximate surface area is 452 Å². The maximum absolute atomic E-state index is 13.9. The summed E-state index contributed by atoms with van der Waals surface area (Å²) in [6, 6.07) is 38.4. The number of Topliss-reactive ketones (excluding diaryl/α,β-unsaturated/α-hetero) is 1. The first kappa shape index (κ1) is 55.3. The van der Waals surface area contributed by atoms with E-state index in [1.165, 1.54) is 43.3 Å². The van der Waals surface area contributed by atoms with Crippen molar-refractivity contribution in [3.05, 3.63) is 215 Å². The predicted molar refractivity (Wildman–Crippen MR) is 285 cm³/mol. The number of esters is 4. The van der Waals surface area contributed by atoms with E-state index in [1.807, 2.05) is 60.7 Å². The number of hydrogen-bond donors (Lipinski definition) is 3. The van der Waals surface area contributed by atoms with Crippen molar-refractivity contribution < 1.29 is 82.1 Å². The van der Waals surface area contributed by atoms with Gasteiger partial charge in [0.2, 0.25) is 0 Å². The molecule has 402 valence electrons. The third-order valence-electron chi connectivity index (χ3n) is 13.6. The molecular weight excluding hydrogens is 1020 g/mol. The lowest BCUT2D eigenvalue weighted by molar-refractivity contribution is -0.167. The molecule has 6 aromatic rings. The molecule has 0 spiro atoms. The van der Waals surface area contributed by atoms with Gasteiger partial charge in [-0.05, 0) is 113 Å². The van der Waals surface area contributed by atoms with Gasteiger partial charge < -0.3 is 43.7 Å². The van der Waals surface area contributed by atoms with Crippen LogP contribution in [-0.2, 0) is 43.5 Å². The normalized spacial score (nSPS) is 15.4. The number of allylic oxidation sites excluding steroid dienone is 2. The minimum absolute atomic E-state index is 0.0931. The minimum atomic E-state index is -1.45. The van der Waals surface area contributed by atoms with Gasteiger partial charge in [-0.3, -0.25) is 14.4 Å². The summed E-state index contributed by atoms with van der Waals surface area (Å²) in [5.41, 5.74) is 4.19. The molecule has 0 radical (unpaired) electrons. The van der Waals surface area contributed by atoms with E-state index in [0.717, 1.165) is 45.5 Å². The maximum atomic E-state index is 13.9. The molecule has 0 aliphatic heterocycles. The number of carbonyl (C=O) groups excluding carboxylic acids is 5. The fourth-order valence-electron chi connectivity index (χ4n) is 9.80. The summed E-state index contributed by atoms with van der Waals surface area (Å²) in [4.78, 5) is 100. The molecular formula is C62H52O17. The lowest BCUT2D eigenvalue weighted by Gasteiger charge is -2.34. The van der Waals surface area contributed by atoms with E-state index in [4.69, 9.17) is 28.4 Å². The van der Waals surface area contributed by atoms with Crippen LogP contribution < -0.4 is 9.47 Å². The number of fused-ring (bicyclic) bond motifs is 3. The zero-order valence-corrected chi connectivity index (χ0v) is 42.5. The Morgan fingerprint density at radius 1 is 0.544 bits per heavy atom. The summed E-state index contributed by atoms with van der Waals surface area (Å²) in [6.07, 6.45) is 3.29. The Morgan fingerprint density at radius 2 is 0.987 bits per heavy atom. The molecule has 0 fully saturated rings. The summed E-state index contributed by atoms with van der Waals surface area (Å²) < 4.78 is 34.3. The number of rotatable bonds is 23. The van der Waals surface area contributed by atoms with E-state index in [-0.39, 0.29) is 54.9 Å². The lowest BCUT2D eigenvalue weighted by Crippen LogP contribution is -2.37. The molecule has 3 N–H and O–H groups in total. The Balaban J connectivity index is 1.05. The average Bonchev–Trinajstić information content (AvgIpc) is 3.08. The van der Waals surface area contributed by atoms with Gasteiger partial charge in [0.05, 0.1) is 33.9 Å². The smallest absolute Gasteiger partial charge is 0.339 e. The summed E-state index contributed by atoms with van der Waals surface area (Å²) in [5, 5.41) is 29.5. The Hall–Kier alpha value is -9.90. The molecule has 0 amide bonds. The van der Waals surface area contributed by atoms with Crippen molar-refractivity contribution in [1.82, 2.24) is 0 Å². The minimum Gasteiger partial charge on any atom is -0.490 e. The zero-order chi connectivity index (χ0) is 56.4. The molecule has 79 heavy (non-hydrogen) atoms. The van der Waals surface area contributed by atoms with Crippen molar-refractivity contribution in [2.75, 3.05) is 26.4 Å². The monoisotopic (exact) mass is 1070 g/mol. The number of ether oxygens (including phenoxy) is 6. The predicted octanol–water partition coefficient (Wildman–Crippen LogP) is 9.34. The molecule has 0 saturated heterocycles. The van der Waals surface area contributed by atoms with Crippen LogP contribution in [0.5, 0.6) is 11.5 Å². The second-order valence-electron chi connectivity index (χ2n) is 18.4. The van der Waals surface area contributed by atoms with Crippen LogP contribution in [0.3, 0.4) is 0 Å². The van der Waals surface area contributed by atoms with Gasteiger partial charge in [-0.25, -0.2) is 24.0 Å². The van der Waals surface area contributed by atoms with E-state index in [0.29, 0.717) is 17.1 Å². The molecule has 0 aromatic heterocycles. The number of ketones is 1. The first-order chi connectivity index (χ1) is 38.0. The molecule has 2 aliphatic rings. The summed E-state index contributed by atoms with van der Waals surface area (Å²) in [7, 11) is 0. The largest absolute Gasteiger partial charge is 0.490 e. The summed E-state index contributed by atoms with van der Waals surface area (Å²) in [5.74, 6) is -9.06. The van der Waals surface area contributed by atoms with Crippen LogP contribution >= 0.6 is 0 Å². The van der Waals surface area contributed by atoms with E-state index >= 15 is 0 Å². The topological polar surface area (TPSA) is 253 Å². The molecule has 2 aliphatic carbocycles. The average molecular weight is 1070 g/mol. The van der Waals surface area contributed by atoms with Crippen molar-refractivity contribution in [3.8, 4) is 33.8 Å². The number of carboxylic acids is 3. The quantitative estimate of drug-likeness (QED) is 0.0177. The van der Waals surface area contributed by atoms with Gasteiger partial charge in [0.1, 0.15) is 37.9 Å². The zero-order valence-electron chi connectivity index (χ0n) is 42.5. The van der Waals surface area contributed by atoms with E-state index in [2.05, 4.69) is 25.3 Å². The summed E-state index contributed by atoms with van der Waals surface area (Å²) in [6.45, 7) is 6.55. The number of carbonyl (C=O) groups is 8. The van der Waals surface area contributed by atoms with Crippen molar-refractivity contribution in [2.45, 2.75) is 37.4 Å². The number of benzene rings is 6. The van der Waals surface area contributed by atoms with Gasteiger partial charge in [0, 0.05) is 17.7 Å². The van der Waals surface area contributed by atoms with Crippen molar-refractivity contribution in [2.24, 2.45) is 11.8 Å². The molecule has 0 saturated carbocycles.